The molecule has 18 heavy (non-hydrogen) atoms. The quantitative estimate of drug-likeness (QED) is 0.815. The number of rotatable bonds is 5. The van der Waals surface area contributed by atoms with Crippen molar-refractivity contribution in [2.75, 3.05) is 20.3 Å². The summed E-state index contributed by atoms with van der Waals surface area (Å²) in [6.07, 6.45) is 1.79. The van der Waals surface area contributed by atoms with Gasteiger partial charge in [-0.3, -0.25) is 9.71 Å². The van der Waals surface area contributed by atoms with Gasteiger partial charge in [-0.15, -0.1) is 0 Å². The van der Waals surface area contributed by atoms with Gasteiger partial charge in [0.1, 0.15) is 5.84 Å². The number of amidine groups is 1. The van der Waals surface area contributed by atoms with E-state index in [4.69, 9.17) is 4.74 Å². The Morgan fingerprint density at radius 2 is 2.06 bits per heavy atom. The number of hydrogen-bond acceptors (Lipinski definition) is 4. The fourth-order valence-electron chi connectivity index (χ4n) is 1.80. The molecule has 1 heterocycles. The third-order valence-electron chi connectivity index (χ3n) is 2.69. The molecule has 6 heteroatoms. The lowest BCUT2D eigenvalue weighted by Crippen LogP contribution is -2.22. The van der Waals surface area contributed by atoms with Crippen LogP contribution in [0.4, 0.5) is 0 Å². The van der Waals surface area contributed by atoms with E-state index in [2.05, 4.69) is 9.71 Å². The lowest BCUT2D eigenvalue weighted by molar-refractivity contribution is 0.193. The van der Waals surface area contributed by atoms with Gasteiger partial charge in [-0.05, 0) is 25.0 Å². The number of unbranched alkanes of at least 4 members (excludes halogenated alkanes) is 1. The van der Waals surface area contributed by atoms with Crippen molar-refractivity contribution in [3.8, 4) is 0 Å². The fraction of sp³-hybridized carbons (Fsp3) is 0.417. The molecule has 0 saturated carbocycles. The Morgan fingerprint density at radius 1 is 1.28 bits per heavy atom. The Labute approximate surface area is 107 Å². The first-order valence-corrected chi connectivity index (χ1v) is 7.29. The zero-order valence-corrected chi connectivity index (χ0v) is 11.0. The van der Waals surface area contributed by atoms with Crippen LogP contribution in [0.25, 0.3) is 0 Å². The maximum atomic E-state index is 11.8. The zero-order chi connectivity index (χ0) is 13.0. The molecule has 0 aliphatic carbocycles. The second-order valence-electron chi connectivity index (χ2n) is 4.03. The molecule has 0 atom stereocenters. The van der Waals surface area contributed by atoms with Crippen molar-refractivity contribution in [1.82, 2.24) is 4.72 Å². The average Bonchev–Trinajstić information content (AvgIpc) is 2.62. The third kappa shape index (κ3) is 2.70. The van der Waals surface area contributed by atoms with E-state index in [1.54, 1.807) is 25.3 Å². The highest BCUT2D eigenvalue weighted by Gasteiger charge is 2.29. The summed E-state index contributed by atoms with van der Waals surface area (Å²) in [7, 11) is -1.75. The first-order valence-electron chi connectivity index (χ1n) is 5.81. The summed E-state index contributed by atoms with van der Waals surface area (Å²) in [5.41, 5.74) is 0.657. The van der Waals surface area contributed by atoms with Gasteiger partial charge < -0.3 is 4.74 Å². The highest BCUT2D eigenvalue weighted by molar-refractivity contribution is 7.90. The zero-order valence-electron chi connectivity index (χ0n) is 10.2. The number of nitrogens with zero attached hydrogens (tertiary/aromatic N) is 1. The molecule has 1 aliphatic rings. The van der Waals surface area contributed by atoms with Gasteiger partial charge in [-0.25, -0.2) is 8.42 Å². The van der Waals surface area contributed by atoms with Crippen molar-refractivity contribution < 1.29 is 13.2 Å². The van der Waals surface area contributed by atoms with Crippen molar-refractivity contribution in [2.24, 2.45) is 4.99 Å². The van der Waals surface area contributed by atoms with Crippen LogP contribution in [0.2, 0.25) is 0 Å². The van der Waals surface area contributed by atoms with Crippen molar-refractivity contribution in [2.45, 2.75) is 17.7 Å². The Hall–Kier alpha value is -1.40. The van der Waals surface area contributed by atoms with Gasteiger partial charge in [0, 0.05) is 25.8 Å². The van der Waals surface area contributed by atoms with Crippen LogP contribution < -0.4 is 4.72 Å². The number of nitrogens with one attached hydrogen (secondary N) is 1. The molecular weight excluding hydrogens is 252 g/mol. The summed E-state index contributed by atoms with van der Waals surface area (Å²) in [4.78, 5) is 4.61. The number of fused-ring (bicyclic) bond motifs is 1. The summed E-state index contributed by atoms with van der Waals surface area (Å²) >= 11 is 0. The highest BCUT2D eigenvalue weighted by Crippen LogP contribution is 2.22. The van der Waals surface area contributed by atoms with E-state index in [0.717, 1.165) is 12.8 Å². The number of ether oxygens (including phenoxy) is 1. The molecule has 0 unspecified atom stereocenters. The Morgan fingerprint density at radius 3 is 2.83 bits per heavy atom. The van der Waals surface area contributed by atoms with E-state index in [0.29, 0.717) is 29.4 Å². The molecule has 98 valence electrons. The smallest absolute Gasteiger partial charge is 0.263 e. The second-order valence-corrected chi connectivity index (χ2v) is 5.68. The molecule has 0 saturated heterocycles. The molecule has 5 nitrogen and oxygen atoms in total. The SMILES string of the molecule is COCCCCN=C1NS(=O)(=O)c2ccccc21. The molecule has 0 bridgehead atoms. The average molecular weight is 268 g/mol. The molecule has 0 amide bonds. The van der Waals surface area contributed by atoms with Crippen molar-refractivity contribution >= 4 is 15.9 Å². The van der Waals surface area contributed by atoms with Crippen molar-refractivity contribution in [3.63, 3.8) is 0 Å². The molecular formula is C12H16N2O3S. The monoisotopic (exact) mass is 268 g/mol. The number of benzene rings is 1. The molecule has 0 radical (unpaired) electrons. The first-order chi connectivity index (χ1) is 8.65. The standard InChI is InChI=1S/C12H16N2O3S/c1-17-9-5-4-8-13-12-10-6-2-3-7-11(10)18(15,16)14-12/h2-3,6-7H,4-5,8-9H2,1H3,(H,13,14). The minimum absolute atomic E-state index is 0.306. The largest absolute Gasteiger partial charge is 0.385 e. The van der Waals surface area contributed by atoms with Crippen LogP contribution in [0.3, 0.4) is 0 Å². The minimum atomic E-state index is -3.41. The van der Waals surface area contributed by atoms with E-state index in [1.807, 2.05) is 6.07 Å². The van der Waals surface area contributed by atoms with E-state index >= 15 is 0 Å². The molecule has 1 N–H and O–H groups in total. The van der Waals surface area contributed by atoms with Crippen molar-refractivity contribution in [3.05, 3.63) is 29.8 Å². The normalized spacial score (nSPS) is 18.6. The maximum absolute atomic E-state index is 11.8. The number of hydrogen-bond donors (Lipinski definition) is 1. The van der Waals surface area contributed by atoms with Crippen LogP contribution in [0.15, 0.2) is 34.2 Å². The van der Waals surface area contributed by atoms with Gasteiger partial charge >= 0.3 is 0 Å². The summed E-state index contributed by atoms with van der Waals surface area (Å²) in [6.45, 7) is 1.29. The topological polar surface area (TPSA) is 67.8 Å². The Kier molecular flexibility index (Phi) is 3.98. The molecule has 0 spiro atoms. The fourth-order valence-corrected chi connectivity index (χ4v) is 3.05. The lowest BCUT2D eigenvalue weighted by atomic mass is 10.2. The van der Waals surface area contributed by atoms with Crippen LogP contribution in [0.1, 0.15) is 18.4 Å². The first kappa shape index (κ1) is 13.0. The van der Waals surface area contributed by atoms with E-state index in [1.165, 1.54) is 0 Å². The minimum Gasteiger partial charge on any atom is -0.385 e. The second kappa shape index (κ2) is 5.49. The van der Waals surface area contributed by atoms with Crippen molar-refractivity contribution in [1.29, 1.82) is 0 Å². The van der Waals surface area contributed by atoms with Gasteiger partial charge in [-0.2, -0.15) is 0 Å². The summed E-state index contributed by atoms with van der Waals surface area (Å²) in [5.74, 6) is 0.447. The van der Waals surface area contributed by atoms with Gasteiger partial charge in [0.2, 0.25) is 0 Å². The van der Waals surface area contributed by atoms with Crippen LogP contribution >= 0.6 is 0 Å². The predicted molar refractivity (Wildman–Crippen MR) is 69.3 cm³/mol. The van der Waals surface area contributed by atoms with Crippen LogP contribution in [0.5, 0.6) is 0 Å². The van der Waals surface area contributed by atoms with Crippen LogP contribution in [-0.4, -0.2) is 34.5 Å². The molecule has 1 aromatic carbocycles. The molecule has 1 aliphatic heterocycles. The Balaban J connectivity index is 2.10. The molecule has 0 aromatic heterocycles. The molecule has 1 aromatic rings. The number of aliphatic imine (C=N–C) groups is 1. The maximum Gasteiger partial charge on any atom is 0.263 e. The summed E-state index contributed by atoms with van der Waals surface area (Å²) < 4.78 is 31.0. The van der Waals surface area contributed by atoms with Gasteiger partial charge in [0.25, 0.3) is 10.0 Å². The van der Waals surface area contributed by atoms with E-state index < -0.39 is 10.0 Å². The summed E-state index contributed by atoms with van der Waals surface area (Å²) in [5, 5.41) is 0. The number of methoxy groups -OCH3 is 1. The van der Waals surface area contributed by atoms with Gasteiger partial charge in [0.05, 0.1) is 4.90 Å². The molecule has 0 fully saturated rings. The van der Waals surface area contributed by atoms with E-state index in [9.17, 15) is 8.42 Å². The number of sulfonamides is 1. The lowest BCUT2D eigenvalue weighted by Gasteiger charge is -1.99. The third-order valence-corrected chi connectivity index (χ3v) is 4.09. The molecule has 2 rings (SSSR count). The van der Waals surface area contributed by atoms with Crippen LogP contribution in [-0.2, 0) is 14.8 Å². The Bertz CT molecular complexity index is 552. The summed E-state index contributed by atoms with van der Waals surface area (Å²) in [6, 6.07) is 6.87. The van der Waals surface area contributed by atoms with Gasteiger partial charge in [-0.1, -0.05) is 12.1 Å². The predicted octanol–water partition coefficient (Wildman–Crippen LogP) is 1.15. The van der Waals surface area contributed by atoms with Crippen LogP contribution in [0, 0.1) is 0 Å². The highest BCUT2D eigenvalue weighted by atomic mass is 32.2. The van der Waals surface area contributed by atoms with Gasteiger partial charge in [0.15, 0.2) is 0 Å². The van der Waals surface area contributed by atoms with E-state index in [-0.39, 0.29) is 0 Å².